The van der Waals surface area contributed by atoms with Crippen LogP contribution in [0.4, 0.5) is 4.39 Å². The molecule has 1 atom stereocenters. The summed E-state index contributed by atoms with van der Waals surface area (Å²) >= 11 is 0. The summed E-state index contributed by atoms with van der Waals surface area (Å²) in [7, 11) is -3.27. The molecule has 122 valence electrons. The van der Waals surface area contributed by atoms with Crippen LogP contribution in [0.15, 0.2) is 36.5 Å². The third kappa shape index (κ3) is 3.43. The molecule has 0 spiro atoms. The molecule has 1 heterocycles. The fourth-order valence-corrected chi connectivity index (χ4v) is 3.70. The van der Waals surface area contributed by atoms with Crippen molar-refractivity contribution in [2.24, 2.45) is 0 Å². The summed E-state index contributed by atoms with van der Waals surface area (Å²) in [5.74, 6) is -0.502. The van der Waals surface area contributed by atoms with Crippen molar-refractivity contribution < 1.29 is 12.8 Å². The van der Waals surface area contributed by atoms with Crippen LogP contribution >= 0.6 is 0 Å². The first kappa shape index (κ1) is 16.1. The van der Waals surface area contributed by atoms with Crippen molar-refractivity contribution in [2.75, 3.05) is 0 Å². The van der Waals surface area contributed by atoms with E-state index in [9.17, 15) is 12.8 Å². The normalized spacial score (nSPS) is 17.5. The highest BCUT2D eigenvalue weighted by molar-refractivity contribution is 7.90. The van der Waals surface area contributed by atoms with E-state index in [4.69, 9.17) is 0 Å². The Morgan fingerprint density at radius 1 is 1.13 bits per heavy atom. The van der Waals surface area contributed by atoms with Gasteiger partial charge >= 0.3 is 0 Å². The molecule has 3 rings (SSSR count). The van der Waals surface area contributed by atoms with Crippen LogP contribution in [0.25, 0.3) is 11.1 Å². The standard InChI is InChI=1S/C17H19FN2O2S/c1-11(2)23(21,22)20-16-8-13-4-3-12(7-15(13)9-16)14-5-6-17(18)19-10-14/h3-7,10-11,16,20H,8-9H2,1-2H3/t16-/m1/s1. The Morgan fingerprint density at radius 2 is 1.83 bits per heavy atom. The van der Waals surface area contributed by atoms with Gasteiger partial charge in [-0.25, -0.2) is 18.1 Å². The lowest BCUT2D eigenvalue weighted by atomic mass is 10.0. The first-order chi connectivity index (χ1) is 10.8. The van der Waals surface area contributed by atoms with Crippen molar-refractivity contribution in [1.29, 1.82) is 0 Å². The van der Waals surface area contributed by atoms with Gasteiger partial charge in [0.2, 0.25) is 16.0 Å². The smallest absolute Gasteiger partial charge is 0.214 e. The lowest BCUT2D eigenvalue weighted by molar-refractivity contribution is 0.547. The minimum absolute atomic E-state index is 0.0982. The van der Waals surface area contributed by atoms with Crippen molar-refractivity contribution >= 4 is 10.0 Å². The maximum atomic E-state index is 12.9. The number of pyridine rings is 1. The molecule has 1 aliphatic carbocycles. The fraction of sp³-hybridized carbons (Fsp3) is 0.353. The summed E-state index contributed by atoms with van der Waals surface area (Å²) in [5, 5.41) is -0.438. The zero-order valence-corrected chi connectivity index (χ0v) is 13.9. The van der Waals surface area contributed by atoms with E-state index in [1.165, 1.54) is 12.3 Å². The summed E-state index contributed by atoms with van der Waals surface area (Å²) in [6.07, 6.45) is 2.87. The van der Waals surface area contributed by atoms with E-state index in [0.717, 1.165) is 22.3 Å². The van der Waals surface area contributed by atoms with Crippen LogP contribution < -0.4 is 4.72 Å². The number of halogens is 1. The van der Waals surface area contributed by atoms with E-state index in [0.29, 0.717) is 12.8 Å². The molecule has 23 heavy (non-hydrogen) atoms. The van der Waals surface area contributed by atoms with Gasteiger partial charge in [0.05, 0.1) is 5.25 Å². The molecule has 1 N–H and O–H groups in total. The molecule has 0 radical (unpaired) electrons. The van der Waals surface area contributed by atoms with Crippen LogP contribution in [-0.4, -0.2) is 24.7 Å². The van der Waals surface area contributed by atoms with Gasteiger partial charge in [-0.05, 0) is 55.5 Å². The van der Waals surface area contributed by atoms with Gasteiger partial charge in [-0.1, -0.05) is 18.2 Å². The molecular formula is C17H19FN2O2S. The topological polar surface area (TPSA) is 59.1 Å². The Kier molecular flexibility index (Phi) is 4.21. The molecule has 2 aromatic rings. The molecule has 0 saturated heterocycles. The number of benzene rings is 1. The van der Waals surface area contributed by atoms with Crippen LogP contribution in [0.2, 0.25) is 0 Å². The van der Waals surface area contributed by atoms with Crippen molar-refractivity contribution in [3.05, 3.63) is 53.6 Å². The molecule has 6 heteroatoms. The van der Waals surface area contributed by atoms with Gasteiger partial charge < -0.3 is 0 Å². The maximum absolute atomic E-state index is 12.9. The Balaban J connectivity index is 1.80. The Hall–Kier alpha value is -1.79. The Morgan fingerprint density at radius 3 is 2.48 bits per heavy atom. The molecule has 0 saturated carbocycles. The number of nitrogens with one attached hydrogen (secondary N) is 1. The van der Waals surface area contributed by atoms with Gasteiger partial charge in [0.1, 0.15) is 0 Å². The summed E-state index contributed by atoms with van der Waals surface area (Å²) in [4.78, 5) is 3.67. The third-order valence-corrected chi connectivity index (χ3v) is 6.05. The largest absolute Gasteiger partial charge is 0.228 e. The second-order valence-corrected chi connectivity index (χ2v) is 8.44. The highest BCUT2D eigenvalue weighted by Gasteiger charge is 2.27. The summed E-state index contributed by atoms with van der Waals surface area (Å²) in [6, 6.07) is 8.94. The van der Waals surface area contributed by atoms with Crippen LogP contribution in [0.1, 0.15) is 25.0 Å². The molecule has 0 unspecified atom stereocenters. The maximum Gasteiger partial charge on any atom is 0.214 e. The number of aromatic nitrogens is 1. The minimum Gasteiger partial charge on any atom is -0.228 e. The first-order valence-corrected chi connectivity index (χ1v) is 9.14. The van der Waals surface area contributed by atoms with E-state index in [2.05, 4.69) is 9.71 Å². The predicted molar refractivity (Wildman–Crippen MR) is 88.0 cm³/mol. The van der Waals surface area contributed by atoms with Crippen molar-refractivity contribution in [2.45, 2.75) is 38.0 Å². The monoisotopic (exact) mass is 334 g/mol. The summed E-state index contributed by atoms with van der Waals surface area (Å²) in [6.45, 7) is 3.34. The zero-order chi connectivity index (χ0) is 16.6. The van der Waals surface area contributed by atoms with Crippen LogP contribution in [-0.2, 0) is 22.9 Å². The van der Waals surface area contributed by atoms with E-state index in [1.807, 2.05) is 18.2 Å². The van der Waals surface area contributed by atoms with Crippen LogP contribution in [0.5, 0.6) is 0 Å². The average Bonchev–Trinajstić information content (AvgIpc) is 2.88. The van der Waals surface area contributed by atoms with Gasteiger partial charge in [-0.2, -0.15) is 4.39 Å². The van der Waals surface area contributed by atoms with Gasteiger partial charge in [-0.3, -0.25) is 0 Å². The Bertz CT molecular complexity index is 817. The highest BCUT2D eigenvalue weighted by atomic mass is 32.2. The highest BCUT2D eigenvalue weighted by Crippen LogP contribution is 2.28. The second kappa shape index (κ2) is 6.02. The molecule has 1 aliphatic rings. The average molecular weight is 334 g/mol. The molecule has 1 aromatic carbocycles. The van der Waals surface area contributed by atoms with Crippen LogP contribution in [0, 0.1) is 5.95 Å². The number of fused-ring (bicyclic) bond motifs is 1. The van der Waals surface area contributed by atoms with Crippen LogP contribution in [0.3, 0.4) is 0 Å². The van der Waals surface area contributed by atoms with Crippen molar-refractivity contribution in [3.8, 4) is 11.1 Å². The van der Waals surface area contributed by atoms with Gasteiger partial charge in [-0.15, -0.1) is 0 Å². The van der Waals surface area contributed by atoms with E-state index in [1.54, 1.807) is 19.9 Å². The second-order valence-electron chi connectivity index (χ2n) is 6.17. The first-order valence-electron chi connectivity index (χ1n) is 7.60. The Labute approximate surface area is 135 Å². The number of nitrogens with zero attached hydrogens (tertiary/aromatic N) is 1. The number of hydrogen-bond donors (Lipinski definition) is 1. The lowest BCUT2D eigenvalue weighted by Gasteiger charge is -2.14. The van der Waals surface area contributed by atoms with E-state index < -0.39 is 21.2 Å². The summed E-state index contributed by atoms with van der Waals surface area (Å²) < 4.78 is 39.7. The molecule has 4 nitrogen and oxygen atoms in total. The SMILES string of the molecule is CC(C)S(=O)(=O)N[C@@H]1Cc2ccc(-c3ccc(F)nc3)cc2C1. The lowest BCUT2D eigenvalue weighted by Crippen LogP contribution is -2.39. The van der Waals surface area contributed by atoms with Crippen molar-refractivity contribution in [1.82, 2.24) is 9.71 Å². The number of rotatable bonds is 4. The zero-order valence-electron chi connectivity index (χ0n) is 13.1. The molecule has 0 amide bonds. The van der Waals surface area contributed by atoms with Gasteiger partial charge in [0, 0.05) is 17.8 Å². The van der Waals surface area contributed by atoms with E-state index >= 15 is 0 Å². The van der Waals surface area contributed by atoms with Crippen molar-refractivity contribution in [3.63, 3.8) is 0 Å². The molecule has 0 bridgehead atoms. The predicted octanol–water partition coefficient (Wildman–Crippen LogP) is 2.68. The number of hydrogen-bond acceptors (Lipinski definition) is 3. The molecule has 0 fully saturated rings. The number of sulfonamides is 1. The van der Waals surface area contributed by atoms with E-state index in [-0.39, 0.29) is 6.04 Å². The van der Waals surface area contributed by atoms with Gasteiger partial charge in [0.25, 0.3) is 0 Å². The minimum atomic E-state index is -3.27. The summed E-state index contributed by atoms with van der Waals surface area (Å²) in [5.41, 5.74) is 4.09. The third-order valence-electron chi connectivity index (χ3n) is 4.15. The van der Waals surface area contributed by atoms with Gasteiger partial charge in [0.15, 0.2) is 0 Å². The molecule has 1 aromatic heterocycles. The molecular weight excluding hydrogens is 315 g/mol. The molecule has 0 aliphatic heterocycles. The quantitative estimate of drug-likeness (QED) is 0.875. The fourth-order valence-electron chi connectivity index (χ4n) is 2.80.